The first-order chi connectivity index (χ1) is 7.79. The third-order valence-corrected chi connectivity index (χ3v) is 3.16. The molecule has 1 fully saturated rings. The molecule has 0 N–H and O–H groups in total. The van der Waals surface area contributed by atoms with Crippen LogP contribution in [0.15, 0.2) is 24.3 Å². The Morgan fingerprint density at radius 2 is 2.38 bits per heavy atom. The minimum atomic E-state index is 0.122. The SMILES string of the molecule is CCOc1cccc(C2CC(Cl)CCO2)c1. The summed E-state index contributed by atoms with van der Waals surface area (Å²) >= 11 is 6.15. The third-order valence-electron chi connectivity index (χ3n) is 2.76. The molecule has 88 valence electrons. The summed E-state index contributed by atoms with van der Waals surface area (Å²) in [7, 11) is 0. The van der Waals surface area contributed by atoms with Crippen molar-refractivity contribution in [2.24, 2.45) is 0 Å². The maximum Gasteiger partial charge on any atom is 0.119 e. The minimum absolute atomic E-state index is 0.122. The predicted molar refractivity (Wildman–Crippen MR) is 65.2 cm³/mol. The Hall–Kier alpha value is -0.730. The van der Waals surface area contributed by atoms with Crippen molar-refractivity contribution in [2.45, 2.75) is 31.2 Å². The molecule has 0 aliphatic carbocycles. The van der Waals surface area contributed by atoms with E-state index in [0.29, 0.717) is 6.61 Å². The fourth-order valence-corrected chi connectivity index (χ4v) is 2.21. The topological polar surface area (TPSA) is 18.5 Å². The van der Waals surface area contributed by atoms with Crippen LogP contribution in [-0.2, 0) is 4.74 Å². The van der Waals surface area contributed by atoms with Gasteiger partial charge in [-0.25, -0.2) is 0 Å². The first-order valence-corrected chi connectivity index (χ1v) is 6.21. The Morgan fingerprint density at radius 1 is 1.50 bits per heavy atom. The Kier molecular flexibility index (Phi) is 4.08. The van der Waals surface area contributed by atoms with E-state index in [1.807, 2.05) is 25.1 Å². The average molecular weight is 241 g/mol. The van der Waals surface area contributed by atoms with Crippen molar-refractivity contribution >= 4 is 11.6 Å². The molecule has 1 aromatic rings. The highest BCUT2D eigenvalue weighted by molar-refractivity contribution is 6.20. The van der Waals surface area contributed by atoms with E-state index in [0.717, 1.165) is 30.8 Å². The van der Waals surface area contributed by atoms with Gasteiger partial charge < -0.3 is 9.47 Å². The number of hydrogen-bond donors (Lipinski definition) is 0. The normalized spacial score (nSPS) is 25.4. The molecule has 0 saturated carbocycles. The number of halogens is 1. The van der Waals surface area contributed by atoms with E-state index in [-0.39, 0.29) is 11.5 Å². The maximum absolute atomic E-state index is 6.15. The standard InChI is InChI=1S/C13H17ClO2/c1-2-15-12-5-3-4-10(8-12)13-9-11(14)6-7-16-13/h3-5,8,11,13H,2,6-7,9H2,1H3. The van der Waals surface area contributed by atoms with Gasteiger partial charge in [-0.2, -0.15) is 0 Å². The van der Waals surface area contributed by atoms with Crippen LogP contribution in [0.3, 0.4) is 0 Å². The molecule has 16 heavy (non-hydrogen) atoms. The summed E-state index contributed by atoms with van der Waals surface area (Å²) in [5.74, 6) is 0.903. The lowest BCUT2D eigenvalue weighted by Crippen LogP contribution is -2.19. The molecular weight excluding hydrogens is 224 g/mol. The van der Waals surface area contributed by atoms with Gasteiger partial charge in [-0.15, -0.1) is 11.6 Å². The average Bonchev–Trinajstić information content (AvgIpc) is 2.30. The van der Waals surface area contributed by atoms with Gasteiger partial charge in [0.2, 0.25) is 0 Å². The van der Waals surface area contributed by atoms with Crippen LogP contribution in [-0.4, -0.2) is 18.6 Å². The van der Waals surface area contributed by atoms with Gasteiger partial charge in [0.15, 0.2) is 0 Å². The number of hydrogen-bond acceptors (Lipinski definition) is 2. The van der Waals surface area contributed by atoms with Gasteiger partial charge in [-0.05, 0) is 37.5 Å². The number of rotatable bonds is 3. The van der Waals surface area contributed by atoms with E-state index < -0.39 is 0 Å². The largest absolute Gasteiger partial charge is 0.494 e. The van der Waals surface area contributed by atoms with Gasteiger partial charge in [-0.3, -0.25) is 0 Å². The summed E-state index contributed by atoms with van der Waals surface area (Å²) in [6.07, 6.45) is 1.96. The molecule has 3 heteroatoms. The molecule has 0 amide bonds. The van der Waals surface area contributed by atoms with Crippen LogP contribution in [0.25, 0.3) is 0 Å². The van der Waals surface area contributed by atoms with Crippen molar-refractivity contribution < 1.29 is 9.47 Å². The molecule has 2 atom stereocenters. The second kappa shape index (κ2) is 5.55. The zero-order chi connectivity index (χ0) is 11.4. The summed E-state index contributed by atoms with van der Waals surface area (Å²) in [6, 6.07) is 8.08. The van der Waals surface area contributed by atoms with Gasteiger partial charge in [-0.1, -0.05) is 12.1 Å². The smallest absolute Gasteiger partial charge is 0.119 e. The number of benzene rings is 1. The molecule has 1 aliphatic rings. The van der Waals surface area contributed by atoms with E-state index in [2.05, 4.69) is 6.07 Å². The summed E-state index contributed by atoms with van der Waals surface area (Å²) in [6.45, 7) is 3.42. The van der Waals surface area contributed by atoms with Gasteiger partial charge in [0.05, 0.1) is 12.7 Å². The van der Waals surface area contributed by atoms with Crippen molar-refractivity contribution in [1.29, 1.82) is 0 Å². The zero-order valence-electron chi connectivity index (χ0n) is 9.49. The Bertz CT molecular complexity index is 340. The molecule has 2 unspecified atom stereocenters. The summed E-state index contributed by atoms with van der Waals surface area (Å²) in [5.41, 5.74) is 1.16. The zero-order valence-corrected chi connectivity index (χ0v) is 10.2. The Balaban J connectivity index is 2.09. The van der Waals surface area contributed by atoms with Crippen molar-refractivity contribution in [2.75, 3.05) is 13.2 Å². The summed E-state index contributed by atoms with van der Waals surface area (Å²) in [5, 5.41) is 0.231. The van der Waals surface area contributed by atoms with Crippen molar-refractivity contribution in [1.82, 2.24) is 0 Å². The third kappa shape index (κ3) is 2.89. The monoisotopic (exact) mass is 240 g/mol. The molecular formula is C13H17ClO2. The molecule has 0 spiro atoms. The van der Waals surface area contributed by atoms with Crippen LogP contribution < -0.4 is 4.74 Å². The van der Waals surface area contributed by atoms with E-state index in [1.165, 1.54) is 0 Å². The van der Waals surface area contributed by atoms with Crippen molar-refractivity contribution in [3.05, 3.63) is 29.8 Å². The van der Waals surface area contributed by atoms with Gasteiger partial charge >= 0.3 is 0 Å². The second-order valence-electron chi connectivity index (χ2n) is 3.99. The lowest BCUT2D eigenvalue weighted by Gasteiger charge is -2.26. The Labute approximate surface area is 102 Å². The quantitative estimate of drug-likeness (QED) is 0.753. The van der Waals surface area contributed by atoms with Crippen LogP contribution in [0.5, 0.6) is 5.75 Å². The minimum Gasteiger partial charge on any atom is -0.494 e. The molecule has 2 nitrogen and oxygen atoms in total. The summed E-state index contributed by atoms with van der Waals surface area (Å²) in [4.78, 5) is 0. The van der Waals surface area contributed by atoms with E-state index >= 15 is 0 Å². The van der Waals surface area contributed by atoms with Gasteiger partial charge in [0.25, 0.3) is 0 Å². The van der Waals surface area contributed by atoms with E-state index in [4.69, 9.17) is 21.1 Å². The van der Waals surface area contributed by atoms with Crippen LogP contribution in [0.4, 0.5) is 0 Å². The number of ether oxygens (including phenoxy) is 2. The highest BCUT2D eigenvalue weighted by Gasteiger charge is 2.22. The van der Waals surface area contributed by atoms with Crippen molar-refractivity contribution in [3.63, 3.8) is 0 Å². The molecule has 0 aromatic heterocycles. The van der Waals surface area contributed by atoms with Gasteiger partial charge in [0, 0.05) is 12.0 Å². The highest BCUT2D eigenvalue weighted by atomic mass is 35.5. The van der Waals surface area contributed by atoms with Crippen LogP contribution >= 0.6 is 11.6 Å². The molecule has 2 rings (SSSR count). The van der Waals surface area contributed by atoms with Crippen molar-refractivity contribution in [3.8, 4) is 5.75 Å². The molecule has 1 saturated heterocycles. The fraction of sp³-hybridized carbons (Fsp3) is 0.538. The first kappa shape index (κ1) is 11.7. The molecule has 0 bridgehead atoms. The maximum atomic E-state index is 6.15. The molecule has 1 aromatic carbocycles. The first-order valence-electron chi connectivity index (χ1n) is 5.78. The fourth-order valence-electron chi connectivity index (χ4n) is 1.96. The van der Waals surface area contributed by atoms with E-state index in [9.17, 15) is 0 Å². The molecule has 1 aliphatic heterocycles. The highest BCUT2D eigenvalue weighted by Crippen LogP contribution is 2.32. The molecule has 1 heterocycles. The lowest BCUT2D eigenvalue weighted by atomic mass is 10.0. The second-order valence-corrected chi connectivity index (χ2v) is 4.60. The predicted octanol–water partition coefficient (Wildman–Crippen LogP) is 3.54. The number of alkyl halides is 1. The Morgan fingerprint density at radius 3 is 3.12 bits per heavy atom. The van der Waals surface area contributed by atoms with Gasteiger partial charge in [0.1, 0.15) is 5.75 Å². The molecule has 0 radical (unpaired) electrons. The van der Waals surface area contributed by atoms with Crippen LogP contribution in [0, 0.1) is 0 Å². The van der Waals surface area contributed by atoms with Crippen LogP contribution in [0.2, 0.25) is 0 Å². The van der Waals surface area contributed by atoms with Crippen LogP contribution in [0.1, 0.15) is 31.4 Å². The lowest BCUT2D eigenvalue weighted by molar-refractivity contribution is 0.0167. The van der Waals surface area contributed by atoms with E-state index in [1.54, 1.807) is 0 Å². The summed E-state index contributed by atoms with van der Waals surface area (Å²) < 4.78 is 11.2.